The SMILES string of the molecule is O=C(O)CCCC(=O)Nc1ccc2c(c1)CN(C1CCC(=O)NC1=O)C2=O. The van der Waals surface area contributed by atoms with Gasteiger partial charge in [0, 0.05) is 37.1 Å². The van der Waals surface area contributed by atoms with Crippen LogP contribution >= 0.6 is 0 Å². The highest BCUT2D eigenvalue weighted by molar-refractivity contribution is 6.05. The third-order valence-electron chi connectivity index (χ3n) is 4.60. The summed E-state index contributed by atoms with van der Waals surface area (Å²) in [4.78, 5) is 59.7. The number of carboxylic acid groups (broad SMARTS) is 1. The van der Waals surface area contributed by atoms with Crippen molar-refractivity contribution in [2.24, 2.45) is 0 Å². The van der Waals surface area contributed by atoms with E-state index in [0.29, 0.717) is 16.8 Å². The first-order chi connectivity index (χ1) is 12.8. The van der Waals surface area contributed by atoms with Crippen molar-refractivity contribution in [2.75, 3.05) is 5.32 Å². The lowest BCUT2D eigenvalue weighted by Gasteiger charge is -2.29. The first kappa shape index (κ1) is 18.6. The van der Waals surface area contributed by atoms with Crippen molar-refractivity contribution < 1.29 is 29.1 Å². The maximum Gasteiger partial charge on any atom is 0.303 e. The molecule has 0 spiro atoms. The molecule has 3 N–H and O–H groups in total. The number of hydrogen-bond donors (Lipinski definition) is 3. The van der Waals surface area contributed by atoms with Gasteiger partial charge < -0.3 is 15.3 Å². The van der Waals surface area contributed by atoms with E-state index in [2.05, 4.69) is 10.6 Å². The smallest absolute Gasteiger partial charge is 0.303 e. The molecule has 3 rings (SSSR count). The molecule has 1 atom stereocenters. The van der Waals surface area contributed by atoms with Gasteiger partial charge in [-0.2, -0.15) is 0 Å². The number of carboxylic acids is 1. The average molecular weight is 373 g/mol. The van der Waals surface area contributed by atoms with Crippen molar-refractivity contribution in [3.63, 3.8) is 0 Å². The standard InChI is InChI=1S/C18H19N3O6/c22-14(2-1-3-16(24)25)19-11-4-5-12-10(8-11)9-21(18(12)27)13-6-7-15(23)20-17(13)26/h4-5,8,13H,1-3,6-7,9H2,(H,19,22)(H,24,25)(H,20,23,26). The van der Waals surface area contributed by atoms with Crippen molar-refractivity contribution in [1.29, 1.82) is 0 Å². The van der Waals surface area contributed by atoms with E-state index < -0.39 is 17.9 Å². The van der Waals surface area contributed by atoms with Gasteiger partial charge in [-0.25, -0.2) is 0 Å². The summed E-state index contributed by atoms with van der Waals surface area (Å²) in [5.41, 5.74) is 1.66. The third kappa shape index (κ3) is 4.13. The van der Waals surface area contributed by atoms with Gasteiger partial charge in [-0.1, -0.05) is 0 Å². The summed E-state index contributed by atoms with van der Waals surface area (Å²) in [6, 6.07) is 4.18. The lowest BCUT2D eigenvalue weighted by molar-refractivity contribution is -0.138. The van der Waals surface area contributed by atoms with Crippen molar-refractivity contribution >= 4 is 35.3 Å². The number of aliphatic carboxylic acids is 1. The van der Waals surface area contributed by atoms with Crippen LogP contribution in [0.4, 0.5) is 5.69 Å². The van der Waals surface area contributed by atoms with Gasteiger partial charge in [-0.15, -0.1) is 0 Å². The van der Waals surface area contributed by atoms with E-state index in [1.807, 2.05) is 0 Å². The Morgan fingerprint density at radius 3 is 2.70 bits per heavy atom. The van der Waals surface area contributed by atoms with E-state index in [4.69, 9.17) is 5.11 Å². The summed E-state index contributed by atoms with van der Waals surface area (Å²) in [5, 5.41) is 13.5. The largest absolute Gasteiger partial charge is 0.481 e. The predicted octanol–water partition coefficient (Wildman–Crippen LogP) is 0.641. The Morgan fingerprint density at radius 2 is 2.00 bits per heavy atom. The molecule has 142 valence electrons. The zero-order chi connectivity index (χ0) is 19.6. The Balaban J connectivity index is 1.65. The monoisotopic (exact) mass is 373 g/mol. The molecule has 2 heterocycles. The molecule has 9 nitrogen and oxygen atoms in total. The number of carbonyl (C=O) groups excluding carboxylic acids is 4. The molecule has 1 fully saturated rings. The van der Waals surface area contributed by atoms with Gasteiger partial charge in [-0.3, -0.25) is 29.3 Å². The number of piperidine rings is 1. The van der Waals surface area contributed by atoms with Gasteiger partial charge in [0.15, 0.2) is 0 Å². The molecule has 1 unspecified atom stereocenters. The van der Waals surface area contributed by atoms with Gasteiger partial charge in [0.1, 0.15) is 6.04 Å². The van der Waals surface area contributed by atoms with Gasteiger partial charge in [0.2, 0.25) is 17.7 Å². The van der Waals surface area contributed by atoms with Gasteiger partial charge in [-0.05, 0) is 36.6 Å². The fourth-order valence-corrected chi connectivity index (χ4v) is 3.28. The molecule has 0 radical (unpaired) electrons. The van der Waals surface area contributed by atoms with E-state index in [1.165, 1.54) is 4.90 Å². The molecule has 0 aliphatic carbocycles. The topological polar surface area (TPSA) is 133 Å². The molecule has 1 aromatic carbocycles. The highest BCUT2D eigenvalue weighted by Crippen LogP contribution is 2.29. The number of amides is 4. The Bertz CT molecular complexity index is 834. The normalized spacial score (nSPS) is 18.9. The van der Waals surface area contributed by atoms with Crippen LogP contribution in [0.1, 0.15) is 48.0 Å². The van der Waals surface area contributed by atoms with Crippen LogP contribution in [0.25, 0.3) is 0 Å². The van der Waals surface area contributed by atoms with Gasteiger partial charge >= 0.3 is 5.97 Å². The summed E-state index contributed by atoms with van der Waals surface area (Å²) in [6.45, 7) is 0.225. The number of fused-ring (bicyclic) bond motifs is 1. The molecular weight excluding hydrogens is 354 g/mol. The molecule has 2 aliphatic heterocycles. The number of nitrogens with zero attached hydrogens (tertiary/aromatic N) is 1. The van der Waals surface area contributed by atoms with Gasteiger partial charge in [0.25, 0.3) is 5.91 Å². The average Bonchev–Trinajstić information content (AvgIpc) is 2.90. The molecule has 2 aliphatic rings. The molecule has 9 heteroatoms. The number of carbonyl (C=O) groups is 5. The second-order valence-electron chi connectivity index (χ2n) is 6.57. The summed E-state index contributed by atoms with van der Waals surface area (Å²) in [6.07, 6.45) is 0.734. The van der Waals surface area contributed by atoms with Crippen LogP contribution in [-0.4, -0.2) is 45.6 Å². The molecule has 4 amide bonds. The number of rotatable bonds is 6. The minimum atomic E-state index is -0.951. The second kappa shape index (κ2) is 7.56. The minimum absolute atomic E-state index is 0.0764. The zero-order valence-electron chi connectivity index (χ0n) is 14.5. The van der Waals surface area contributed by atoms with Crippen LogP contribution in [0.2, 0.25) is 0 Å². The lowest BCUT2D eigenvalue weighted by Crippen LogP contribution is -2.52. The number of anilines is 1. The first-order valence-electron chi connectivity index (χ1n) is 8.64. The Labute approximate surface area is 154 Å². The van der Waals surface area contributed by atoms with E-state index in [9.17, 15) is 24.0 Å². The lowest BCUT2D eigenvalue weighted by atomic mass is 10.0. The third-order valence-corrected chi connectivity index (χ3v) is 4.60. The number of imide groups is 1. The predicted molar refractivity (Wildman–Crippen MR) is 92.6 cm³/mol. The first-order valence-corrected chi connectivity index (χ1v) is 8.64. The van der Waals surface area contributed by atoms with Crippen LogP contribution in [-0.2, 0) is 25.7 Å². The molecule has 0 saturated carbocycles. The van der Waals surface area contributed by atoms with Crippen molar-refractivity contribution in [1.82, 2.24) is 10.2 Å². The van der Waals surface area contributed by atoms with E-state index in [0.717, 1.165) is 0 Å². The highest BCUT2D eigenvalue weighted by Gasteiger charge is 2.39. The van der Waals surface area contributed by atoms with Crippen molar-refractivity contribution in [3.8, 4) is 0 Å². The quantitative estimate of drug-likeness (QED) is 0.627. The van der Waals surface area contributed by atoms with Crippen LogP contribution in [0.5, 0.6) is 0 Å². The fourth-order valence-electron chi connectivity index (χ4n) is 3.28. The Morgan fingerprint density at radius 1 is 1.22 bits per heavy atom. The highest BCUT2D eigenvalue weighted by atomic mass is 16.4. The number of benzene rings is 1. The maximum atomic E-state index is 12.6. The van der Waals surface area contributed by atoms with Gasteiger partial charge in [0.05, 0.1) is 0 Å². The Hall–Kier alpha value is -3.23. The minimum Gasteiger partial charge on any atom is -0.481 e. The van der Waals surface area contributed by atoms with Crippen LogP contribution in [0.15, 0.2) is 18.2 Å². The molecule has 27 heavy (non-hydrogen) atoms. The second-order valence-corrected chi connectivity index (χ2v) is 6.57. The summed E-state index contributed by atoms with van der Waals surface area (Å²) < 4.78 is 0. The number of nitrogens with one attached hydrogen (secondary N) is 2. The van der Waals surface area contributed by atoms with E-state index in [-0.39, 0.29) is 56.4 Å². The van der Waals surface area contributed by atoms with Crippen molar-refractivity contribution in [2.45, 2.75) is 44.7 Å². The summed E-state index contributed by atoms with van der Waals surface area (Å²) in [7, 11) is 0. The Kier molecular flexibility index (Phi) is 5.20. The molecule has 1 saturated heterocycles. The van der Waals surface area contributed by atoms with E-state index in [1.54, 1.807) is 18.2 Å². The van der Waals surface area contributed by atoms with Crippen LogP contribution in [0, 0.1) is 0 Å². The van der Waals surface area contributed by atoms with Crippen molar-refractivity contribution in [3.05, 3.63) is 29.3 Å². The molecule has 0 aromatic heterocycles. The zero-order valence-corrected chi connectivity index (χ0v) is 14.5. The fraction of sp³-hybridized carbons (Fsp3) is 0.389. The number of hydrogen-bond acceptors (Lipinski definition) is 5. The van der Waals surface area contributed by atoms with Crippen LogP contribution < -0.4 is 10.6 Å². The van der Waals surface area contributed by atoms with E-state index >= 15 is 0 Å². The summed E-state index contributed by atoms with van der Waals surface area (Å²) in [5.74, 6) is -2.35. The molecule has 0 bridgehead atoms. The molecule has 1 aromatic rings. The molecular formula is C18H19N3O6. The maximum absolute atomic E-state index is 12.6. The van der Waals surface area contributed by atoms with Crippen LogP contribution in [0.3, 0.4) is 0 Å². The summed E-state index contributed by atoms with van der Waals surface area (Å²) >= 11 is 0.